The highest BCUT2D eigenvalue weighted by atomic mass is 127. The topological polar surface area (TPSA) is 70.6 Å². The lowest BCUT2D eigenvalue weighted by Crippen LogP contribution is -2.23. The van der Waals surface area contributed by atoms with Crippen LogP contribution in [0.2, 0.25) is 0 Å². The van der Waals surface area contributed by atoms with Crippen LogP contribution in [-0.4, -0.2) is 30.4 Å². The molecule has 1 fully saturated rings. The third kappa shape index (κ3) is 4.79. The summed E-state index contributed by atoms with van der Waals surface area (Å²) >= 11 is 1.92. The number of anilines is 1. The first-order chi connectivity index (χ1) is 10.0. The summed E-state index contributed by atoms with van der Waals surface area (Å²) in [4.78, 5) is 11.4. The van der Waals surface area contributed by atoms with Crippen molar-refractivity contribution in [2.45, 2.75) is 31.9 Å². The van der Waals surface area contributed by atoms with Gasteiger partial charge in [0.15, 0.2) is 0 Å². The number of halogens is 2. The van der Waals surface area contributed by atoms with Crippen LogP contribution in [0.1, 0.15) is 31.4 Å². The molecule has 116 valence electrons. The van der Waals surface area contributed by atoms with E-state index in [1.54, 1.807) is 13.0 Å². The van der Waals surface area contributed by atoms with Gasteiger partial charge in [0.05, 0.1) is 18.4 Å². The first kappa shape index (κ1) is 16.4. The van der Waals surface area contributed by atoms with Crippen LogP contribution in [0.4, 0.5) is 14.9 Å². The maximum Gasteiger partial charge on any atom is 0.411 e. The van der Waals surface area contributed by atoms with Crippen molar-refractivity contribution >= 4 is 34.4 Å². The van der Waals surface area contributed by atoms with E-state index in [0.29, 0.717) is 21.7 Å². The van der Waals surface area contributed by atoms with Crippen LogP contribution < -0.4 is 10.6 Å². The molecular formula is C14H18FIN2O3. The number of rotatable bonds is 6. The van der Waals surface area contributed by atoms with Crippen molar-refractivity contribution in [1.82, 2.24) is 5.32 Å². The number of carbonyl (C=O) groups excluding carboxylic acids is 1. The molecule has 1 unspecified atom stereocenters. The molecule has 3 N–H and O–H groups in total. The van der Waals surface area contributed by atoms with Crippen molar-refractivity contribution in [3.8, 4) is 0 Å². The fourth-order valence-electron chi connectivity index (χ4n) is 1.86. The minimum atomic E-state index is -0.773. The molecule has 1 aromatic rings. The van der Waals surface area contributed by atoms with Gasteiger partial charge in [-0.2, -0.15) is 0 Å². The Morgan fingerprint density at radius 1 is 1.57 bits per heavy atom. The zero-order valence-electron chi connectivity index (χ0n) is 11.7. The minimum absolute atomic E-state index is 0.0696. The molecule has 21 heavy (non-hydrogen) atoms. The lowest BCUT2D eigenvalue weighted by molar-refractivity contribution is 0.167. The predicted molar refractivity (Wildman–Crippen MR) is 85.7 cm³/mol. The zero-order valence-corrected chi connectivity index (χ0v) is 13.8. The van der Waals surface area contributed by atoms with E-state index in [1.807, 2.05) is 22.6 Å². The van der Waals surface area contributed by atoms with Crippen molar-refractivity contribution in [2.24, 2.45) is 0 Å². The van der Waals surface area contributed by atoms with Crippen LogP contribution in [0.15, 0.2) is 12.1 Å². The minimum Gasteiger partial charge on any atom is -0.450 e. The number of hydrogen-bond donors (Lipinski definition) is 3. The second kappa shape index (κ2) is 7.37. The van der Waals surface area contributed by atoms with Crippen LogP contribution in [0.25, 0.3) is 0 Å². The quantitative estimate of drug-likeness (QED) is 0.634. The summed E-state index contributed by atoms with van der Waals surface area (Å²) in [5.41, 5.74) is 0.555. The lowest BCUT2D eigenvalue weighted by atomic mass is 10.1. The first-order valence-corrected chi connectivity index (χ1v) is 7.93. The van der Waals surface area contributed by atoms with Crippen molar-refractivity contribution in [3.63, 3.8) is 0 Å². The van der Waals surface area contributed by atoms with Gasteiger partial charge in [0.25, 0.3) is 0 Å². The molecule has 1 amide bonds. The second-order valence-electron chi connectivity index (χ2n) is 4.90. The Morgan fingerprint density at radius 2 is 2.29 bits per heavy atom. The summed E-state index contributed by atoms with van der Waals surface area (Å²) in [6.45, 7) is 2.28. The summed E-state index contributed by atoms with van der Waals surface area (Å²) in [7, 11) is 0. The Morgan fingerprint density at radius 3 is 2.86 bits per heavy atom. The van der Waals surface area contributed by atoms with Crippen molar-refractivity contribution in [2.75, 3.05) is 18.5 Å². The normalized spacial score (nSPS) is 15.6. The molecular weight excluding hydrogens is 390 g/mol. The molecule has 0 aliphatic heterocycles. The molecule has 0 radical (unpaired) electrons. The number of carbonyl (C=O) groups is 1. The molecule has 0 heterocycles. The van der Waals surface area contributed by atoms with E-state index in [1.165, 1.54) is 6.07 Å². The van der Waals surface area contributed by atoms with E-state index in [2.05, 4.69) is 10.6 Å². The predicted octanol–water partition coefficient (Wildman–Crippen LogP) is 2.78. The summed E-state index contributed by atoms with van der Waals surface area (Å²) < 4.78 is 19.3. The molecule has 0 saturated heterocycles. The maximum atomic E-state index is 14.1. The standard InChI is InChI=1S/C14H18FIN2O3/c1-2-21-14(20)18-13-10(15)5-8(6-11(13)16)12(19)7-17-9-3-4-9/h5-6,9,12,17,19H,2-4,7H2,1H3,(H,18,20). The number of ether oxygens (including phenoxy) is 1. The smallest absolute Gasteiger partial charge is 0.411 e. The van der Waals surface area contributed by atoms with Gasteiger partial charge in [0, 0.05) is 16.2 Å². The molecule has 0 spiro atoms. The Bertz CT molecular complexity index is 500. The Kier molecular flexibility index (Phi) is 5.77. The van der Waals surface area contributed by atoms with Gasteiger partial charge in [-0.15, -0.1) is 0 Å². The van der Waals surface area contributed by atoms with Gasteiger partial charge in [-0.05, 0) is 60.1 Å². The molecule has 2 rings (SSSR count). The van der Waals surface area contributed by atoms with Crippen LogP contribution in [0.3, 0.4) is 0 Å². The van der Waals surface area contributed by atoms with Crippen molar-refractivity contribution < 1.29 is 19.0 Å². The Hall–Kier alpha value is -0.930. The van der Waals surface area contributed by atoms with E-state index in [9.17, 15) is 14.3 Å². The number of aliphatic hydroxyl groups is 1. The molecule has 1 aliphatic carbocycles. The van der Waals surface area contributed by atoms with Crippen LogP contribution in [0, 0.1) is 9.39 Å². The summed E-state index contributed by atoms with van der Waals surface area (Å²) in [6, 6.07) is 3.38. The Labute approximate surface area is 136 Å². The van der Waals surface area contributed by atoms with Crippen LogP contribution in [-0.2, 0) is 4.74 Å². The third-order valence-corrected chi connectivity index (χ3v) is 3.98. The molecule has 1 atom stereocenters. The number of aliphatic hydroxyl groups excluding tert-OH is 1. The fraction of sp³-hybridized carbons (Fsp3) is 0.500. The molecule has 7 heteroatoms. The fourth-order valence-corrected chi connectivity index (χ4v) is 2.61. The SMILES string of the molecule is CCOC(=O)Nc1c(F)cc(C(O)CNC2CC2)cc1I. The molecule has 1 aliphatic rings. The van der Waals surface area contributed by atoms with E-state index in [4.69, 9.17) is 4.74 Å². The van der Waals surface area contributed by atoms with Crippen LogP contribution in [0.5, 0.6) is 0 Å². The monoisotopic (exact) mass is 408 g/mol. The van der Waals surface area contributed by atoms with Gasteiger partial charge in [0.2, 0.25) is 0 Å². The highest BCUT2D eigenvalue weighted by Crippen LogP contribution is 2.27. The molecule has 1 aromatic carbocycles. The largest absolute Gasteiger partial charge is 0.450 e. The third-order valence-electron chi connectivity index (χ3n) is 3.13. The number of hydrogen-bond acceptors (Lipinski definition) is 4. The average molecular weight is 408 g/mol. The van der Waals surface area contributed by atoms with Crippen molar-refractivity contribution in [1.29, 1.82) is 0 Å². The molecule has 5 nitrogen and oxygen atoms in total. The maximum absolute atomic E-state index is 14.1. The van der Waals surface area contributed by atoms with Crippen molar-refractivity contribution in [3.05, 3.63) is 27.1 Å². The highest BCUT2D eigenvalue weighted by Gasteiger charge is 2.22. The first-order valence-electron chi connectivity index (χ1n) is 6.85. The molecule has 0 bridgehead atoms. The average Bonchev–Trinajstić information content (AvgIpc) is 3.24. The zero-order chi connectivity index (χ0) is 15.4. The number of amides is 1. The van der Waals surface area contributed by atoms with E-state index < -0.39 is 18.0 Å². The number of benzene rings is 1. The molecule has 1 saturated carbocycles. The highest BCUT2D eigenvalue weighted by molar-refractivity contribution is 14.1. The van der Waals surface area contributed by atoms with Gasteiger partial charge in [-0.1, -0.05) is 0 Å². The van der Waals surface area contributed by atoms with Gasteiger partial charge < -0.3 is 15.2 Å². The summed E-state index contributed by atoms with van der Waals surface area (Å²) in [5.74, 6) is -0.588. The number of nitrogens with one attached hydrogen (secondary N) is 2. The van der Waals surface area contributed by atoms with Crippen LogP contribution >= 0.6 is 22.6 Å². The molecule has 0 aromatic heterocycles. The van der Waals surface area contributed by atoms with E-state index >= 15 is 0 Å². The van der Waals surface area contributed by atoms with Gasteiger partial charge in [-0.3, -0.25) is 5.32 Å². The van der Waals surface area contributed by atoms with E-state index in [0.717, 1.165) is 12.8 Å². The lowest BCUT2D eigenvalue weighted by Gasteiger charge is -2.15. The van der Waals surface area contributed by atoms with Gasteiger partial charge in [-0.25, -0.2) is 9.18 Å². The van der Waals surface area contributed by atoms with Gasteiger partial charge in [0.1, 0.15) is 5.82 Å². The summed E-state index contributed by atoms with van der Waals surface area (Å²) in [6.07, 6.45) is 0.783. The second-order valence-corrected chi connectivity index (χ2v) is 6.07. The van der Waals surface area contributed by atoms with E-state index in [-0.39, 0.29) is 12.3 Å². The summed E-state index contributed by atoms with van der Waals surface area (Å²) in [5, 5.41) is 15.6. The Balaban J connectivity index is 2.05. The van der Waals surface area contributed by atoms with Gasteiger partial charge >= 0.3 is 6.09 Å².